The second kappa shape index (κ2) is 7.27. The molecule has 0 radical (unpaired) electrons. The third-order valence-electron chi connectivity index (χ3n) is 5.19. The zero-order chi connectivity index (χ0) is 19.0. The summed E-state index contributed by atoms with van der Waals surface area (Å²) in [7, 11) is 0. The van der Waals surface area contributed by atoms with Gasteiger partial charge < -0.3 is 4.90 Å². The summed E-state index contributed by atoms with van der Waals surface area (Å²) >= 11 is 1.63. The lowest BCUT2D eigenvalue weighted by atomic mass is 10.2. The number of carbonyl (C=O) groups excluding carboxylic acids is 1. The van der Waals surface area contributed by atoms with Gasteiger partial charge in [-0.2, -0.15) is 0 Å². The van der Waals surface area contributed by atoms with Crippen LogP contribution in [-0.2, 0) is 13.1 Å². The van der Waals surface area contributed by atoms with Crippen molar-refractivity contribution in [3.05, 3.63) is 33.8 Å². The Balaban J connectivity index is 1.44. The minimum Gasteiger partial charge on any atom is -0.337 e. The largest absolute Gasteiger partial charge is 0.337 e. The summed E-state index contributed by atoms with van der Waals surface area (Å²) in [4.78, 5) is 18.2. The number of hydrogen-bond acceptors (Lipinski definition) is 5. The Morgan fingerprint density at radius 1 is 1.33 bits per heavy atom. The molecule has 2 aromatic heterocycles. The van der Waals surface area contributed by atoms with E-state index in [4.69, 9.17) is 0 Å². The molecule has 0 N–H and O–H groups in total. The summed E-state index contributed by atoms with van der Waals surface area (Å²) in [6.45, 7) is 4.07. The van der Waals surface area contributed by atoms with Crippen LogP contribution in [0.1, 0.15) is 39.5 Å². The number of amides is 1. The van der Waals surface area contributed by atoms with Crippen LogP contribution in [0.15, 0.2) is 18.3 Å². The van der Waals surface area contributed by atoms with Crippen molar-refractivity contribution < 1.29 is 13.6 Å². The van der Waals surface area contributed by atoms with E-state index in [1.165, 1.54) is 9.56 Å². The Labute approximate surface area is 160 Å². The maximum Gasteiger partial charge on any atom is 0.276 e. The Morgan fingerprint density at radius 2 is 2.11 bits per heavy atom. The van der Waals surface area contributed by atoms with E-state index >= 15 is 0 Å². The summed E-state index contributed by atoms with van der Waals surface area (Å²) in [5, 5.41) is 7.98. The molecule has 1 unspecified atom stereocenters. The molecule has 0 aliphatic carbocycles. The fourth-order valence-electron chi connectivity index (χ4n) is 3.88. The third kappa shape index (κ3) is 4.19. The molecule has 27 heavy (non-hydrogen) atoms. The van der Waals surface area contributed by atoms with Gasteiger partial charge in [-0.1, -0.05) is 5.21 Å². The number of alkyl halides is 2. The van der Waals surface area contributed by atoms with Crippen LogP contribution in [0.2, 0.25) is 0 Å². The fraction of sp³-hybridized carbons (Fsp3) is 0.611. The number of hydrogen-bond donors (Lipinski definition) is 0. The minimum absolute atomic E-state index is 0.124. The van der Waals surface area contributed by atoms with Crippen molar-refractivity contribution in [2.24, 2.45) is 0 Å². The second-order valence-electron chi connectivity index (χ2n) is 7.46. The molecular formula is C18H23F2N5OS. The molecule has 2 aliphatic heterocycles. The van der Waals surface area contributed by atoms with E-state index in [2.05, 4.69) is 10.3 Å². The first kappa shape index (κ1) is 18.5. The van der Waals surface area contributed by atoms with E-state index in [1.54, 1.807) is 22.4 Å². The molecule has 2 saturated heterocycles. The zero-order valence-corrected chi connectivity index (χ0v) is 16.1. The van der Waals surface area contributed by atoms with Crippen LogP contribution in [0.3, 0.4) is 0 Å². The van der Waals surface area contributed by atoms with Crippen LogP contribution in [-0.4, -0.2) is 62.3 Å². The Kier molecular flexibility index (Phi) is 4.98. The van der Waals surface area contributed by atoms with Crippen LogP contribution in [0.5, 0.6) is 0 Å². The number of thiophene rings is 1. The lowest BCUT2D eigenvalue weighted by molar-refractivity contribution is 0.0113. The molecule has 146 valence electrons. The van der Waals surface area contributed by atoms with Crippen LogP contribution in [0.4, 0.5) is 8.78 Å². The van der Waals surface area contributed by atoms with Crippen LogP contribution >= 0.6 is 11.3 Å². The molecule has 0 bridgehead atoms. The summed E-state index contributed by atoms with van der Waals surface area (Å²) in [6, 6.07) is 3.67. The van der Waals surface area contributed by atoms with Gasteiger partial charge in [0.1, 0.15) is 0 Å². The SMILES string of the molecule is Cc1ccc(CN2CC(F)(F)CC2Cn2cc(C(=O)N3CCCC3)nn2)s1. The molecule has 4 heterocycles. The van der Waals surface area contributed by atoms with Crippen molar-refractivity contribution in [3.8, 4) is 0 Å². The molecular weight excluding hydrogens is 372 g/mol. The normalized spacial score (nSPS) is 22.6. The highest BCUT2D eigenvalue weighted by molar-refractivity contribution is 7.11. The molecule has 0 spiro atoms. The highest BCUT2D eigenvalue weighted by Gasteiger charge is 2.45. The van der Waals surface area contributed by atoms with Crippen molar-refractivity contribution in [1.29, 1.82) is 0 Å². The van der Waals surface area contributed by atoms with Gasteiger partial charge in [-0.05, 0) is 31.9 Å². The molecule has 2 fully saturated rings. The molecule has 1 amide bonds. The molecule has 1 atom stereocenters. The van der Waals surface area contributed by atoms with Crippen molar-refractivity contribution in [2.75, 3.05) is 19.6 Å². The van der Waals surface area contributed by atoms with E-state index in [-0.39, 0.29) is 24.9 Å². The number of likely N-dealkylation sites (tertiary alicyclic amines) is 2. The first-order chi connectivity index (χ1) is 12.9. The van der Waals surface area contributed by atoms with Crippen LogP contribution in [0.25, 0.3) is 0 Å². The van der Waals surface area contributed by atoms with E-state index in [1.807, 2.05) is 24.0 Å². The summed E-state index contributed by atoms with van der Waals surface area (Å²) in [5.41, 5.74) is 0.294. The highest BCUT2D eigenvalue weighted by atomic mass is 32.1. The van der Waals surface area contributed by atoms with Gasteiger partial charge in [0.15, 0.2) is 5.69 Å². The number of rotatable bonds is 5. The van der Waals surface area contributed by atoms with E-state index < -0.39 is 5.92 Å². The lowest BCUT2D eigenvalue weighted by Gasteiger charge is -2.22. The van der Waals surface area contributed by atoms with Gasteiger partial charge in [-0.25, -0.2) is 8.78 Å². The summed E-state index contributed by atoms with van der Waals surface area (Å²) in [6.07, 6.45) is 3.40. The molecule has 4 rings (SSSR count). The van der Waals surface area contributed by atoms with Gasteiger partial charge in [-0.3, -0.25) is 14.4 Å². The Hall–Kier alpha value is -1.87. The second-order valence-corrected chi connectivity index (χ2v) is 8.83. The Morgan fingerprint density at radius 3 is 2.81 bits per heavy atom. The maximum absolute atomic E-state index is 14.0. The van der Waals surface area contributed by atoms with Crippen LogP contribution in [0, 0.1) is 6.92 Å². The predicted octanol–water partition coefficient (Wildman–Crippen LogP) is 2.79. The maximum atomic E-state index is 14.0. The standard InChI is InChI=1S/C18H23F2N5OS/c1-13-4-5-15(27-13)10-24-12-18(19,20)8-14(24)9-25-11-16(21-22-25)17(26)23-6-2-3-7-23/h4-5,11,14H,2-3,6-10,12H2,1H3. The van der Waals surface area contributed by atoms with Gasteiger partial charge in [0.25, 0.3) is 11.8 Å². The first-order valence-corrected chi connectivity index (χ1v) is 10.1. The summed E-state index contributed by atoms with van der Waals surface area (Å²) in [5.74, 6) is -2.83. The quantitative estimate of drug-likeness (QED) is 0.781. The number of carbonyl (C=O) groups is 1. The molecule has 2 aromatic rings. The van der Waals surface area contributed by atoms with E-state index in [0.717, 1.165) is 30.8 Å². The molecule has 2 aliphatic rings. The average molecular weight is 395 g/mol. The van der Waals surface area contributed by atoms with Gasteiger partial charge >= 0.3 is 0 Å². The van der Waals surface area contributed by atoms with Crippen molar-refractivity contribution >= 4 is 17.2 Å². The van der Waals surface area contributed by atoms with Crippen molar-refractivity contribution in [3.63, 3.8) is 0 Å². The van der Waals surface area contributed by atoms with Gasteiger partial charge in [0, 0.05) is 41.9 Å². The first-order valence-electron chi connectivity index (χ1n) is 9.26. The number of nitrogens with zero attached hydrogens (tertiary/aromatic N) is 5. The van der Waals surface area contributed by atoms with Gasteiger partial charge in [0.2, 0.25) is 0 Å². The van der Waals surface area contributed by atoms with Gasteiger partial charge in [-0.15, -0.1) is 16.4 Å². The predicted molar refractivity (Wildman–Crippen MR) is 98.0 cm³/mol. The van der Waals surface area contributed by atoms with Crippen molar-refractivity contribution in [1.82, 2.24) is 24.8 Å². The monoisotopic (exact) mass is 395 g/mol. The zero-order valence-electron chi connectivity index (χ0n) is 15.3. The number of aryl methyl sites for hydroxylation is 1. The lowest BCUT2D eigenvalue weighted by Crippen LogP contribution is -2.33. The topological polar surface area (TPSA) is 54.3 Å². The molecule has 9 heteroatoms. The number of halogens is 2. The highest BCUT2D eigenvalue weighted by Crippen LogP contribution is 2.34. The molecule has 6 nitrogen and oxygen atoms in total. The van der Waals surface area contributed by atoms with Crippen LogP contribution < -0.4 is 0 Å². The fourth-order valence-corrected chi connectivity index (χ4v) is 4.80. The van der Waals surface area contributed by atoms with Gasteiger partial charge in [0.05, 0.1) is 19.3 Å². The van der Waals surface area contributed by atoms with E-state index in [9.17, 15) is 13.6 Å². The van der Waals surface area contributed by atoms with E-state index in [0.29, 0.717) is 18.8 Å². The summed E-state index contributed by atoms with van der Waals surface area (Å²) < 4.78 is 29.6. The minimum atomic E-state index is -2.70. The smallest absolute Gasteiger partial charge is 0.276 e. The Bertz CT molecular complexity index is 814. The third-order valence-corrected chi connectivity index (χ3v) is 6.17. The van der Waals surface area contributed by atoms with Crippen molar-refractivity contribution in [2.45, 2.75) is 51.2 Å². The molecule has 0 saturated carbocycles. The average Bonchev–Trinajstić information content (AvgIpc) is 3.37. The molecule has 0 aromatic carbocycles. The number of aromatic nitrogens is 3.